The second kappa shape index (κ2) is 6.14. The van der Waals surface area contributed by atoms with Crippen molar-refractivity contribution in [2.24, 2.45) is 0 Å². The van der Waals surface area contributed by atoms with Gasteiger partial charge >= 0.3 is 0 Å². The molecule has 4 nitrogen and oxygen atoms in total. The number of carbonyl (C=O) groups is 1. The molecule has 3 aromatic rings. The van der Waals surface area contributed by atoms with E-state index in [-0.39, 0.29) is 17.9 Å². The molecule has 0 bridgehead atoms. The van der Waals surface area contributed by atoms with Crippen LogP contribution in [0.1, 0.15) is 10.4 Å². The van der Waals surface area contributed by atoms with Crippen molar-refractivity contribution >= 4 is 48.5 Å². The molecule has 0 aliphatic carbocycles. The molecule has 0 N–H and O–H groups in total. The molecule has 6 heteroatoms. The first-order valence-corrected chi connectivity index (χ1v) is 8.07. The summed E-state index contributed by atoms with van der Waals surface area (Å²) in [6.07, 6.45) is 1.41. The largest absolute Gasteiger partial charge is 0.292 e. The van der Waals surface area contributed by atoms with E-state index in [9.17, 15) is 9.59 Å². The van der Waals surface area contributed by atoms with Crippen LogP contribution in [0.3, 0.4) is 0 Å². The highest BCUT2D eigenvalue weighted by Crippen LogP contribution is 2.15. The lowest BCUT2D eigenvalue weighted by Gasteiger charge is -2.06. The average molecular weight is 422 g/mol. The predicted octanol–water partition coefficient (Wildman–Crippen LogP) is 3.80. The first-order chi connectivity index (χ1) is 10.5. The van der Waals surface area contributed by atoms with E-state index in [1.807, 2.05) is 12.1 Å². The Hall–Kier alpha value is -1.79. The molecule has 0 radical (unpaired) electrons. The highest BCUT2D eigenvalue weighted by molar-refractivity contribution is 9.10. The number of rotatable bonds is 3. The van der Waals surface area contributed by atoms with Crippen molar-refractivity contribution in [3.8, 4) is 0 Å². The van der Waals surface area contributed by atoms with E-state index < -0.39 is 0 Å². The third kappa shape index (κ3) is 3.03. The van der Waals surface area contributed by atoms with Crippen LogP contribution in [0.15, 0.2) is 62.5 Å². The molecule has 0 saturated heterocycles. The number of Topliss-reactive ketones (excluding diaryl/α,β-unsaturated/α-hetero) is 1. The quantitative estimate of drug-likeness (QED) is 0.604. The van der Waals surface area contributed by atoms with Gasteiger partial charge in [0.25, 0.3) is 5.56 Å². The van der Waals surface area contributed by atoms with Crippen molar-refractivity contribution in [3.63, 3.8) is 0 Å². The Morgan fingerprint density at radius 2 is 1.86 bits per heavy atom. The van der Waals surface area contributed by atoms with E-state index in [1.54, 1.807) is 30.3 Å². The first-order valence-electron chi connectivity index (χ1n) is 6.48. The van der Waals surface area contributed by atoms with Crippen LogP contribution in [-0.4, -0.2) is 15.3 Å². The fraction of sp³-hybridized carbons (Fsp3) is 0.0625. The van der Waals surface area contributed by atoms with Crippen molar-refractivity contribution in [1.29, 1.82) is 0 Å². The highest BCUT2D eigenvalue weighted by atomic mass is 79.9. The van der Waals surface area contributed by atoms with Crippen molar-refractivity contribution in [1.82, 2.24) is 9.55 Å². The van der Waals surface area contributed by atoms with Crippen LogP contribution in [-0.2, 0) is 6.54 Å². The Kier molecular flexibility index (Phi) is 4.22. The molecule has 22 heavy (non-hydrogen) atoms. The Morgan fingerprint density at radius 1 is 1.09 bits per heavy atom. The molecule has 3 rings (SSSR count). The van der Waals surface area contributed by atoms with Gasteiger partial charge in [-0.05, 0) is 30.3 Å². The summed E-state index contributed by atoms with van der Waals surface area (Å²) >= 11 is 6.67. The maximum absolute atomic E-state index is 12.5. The van der Waals surface area contributed by atoms with Crippen LogP contribution in [0.25, 0.3) is 10.9 Å². The zero-order valence-corrected chi connectivity index (χ0v) is 14.5. The zero-order chi connectivity index (χ0) is 15.7. The summed E-state index contributed by atoms with van der Waals surface area (Å²) in [4.78, 5) is 29.0. The molecular weight excluding hydrogens is 412 g/mol. The molecule has 2 aromatic carbocycles. The molecule has 0 saturated carbocycles. The standard InChI is InChI=1S/C16H10Br2N2O2/c17-11-3-1-2-10(6-11)15(21)8-20-9-19-14-5-4-12(18)7-13(14)16(20)22/h1-7,9H,8H2. The first kappa shape index (κ1) is 15.1. The van der Waals surface area contributed by atoms with Gasteiger partial charge in [-0.15, -0.1) is 0 Å². The minimum absolute atomic E-state index is 0.0370. The summed E-state index contributed by atoms with van der Waals surface area (Å²) < 4.78 is 2.96. The number of halogens is 2. The fourth-order valence-corrected chi connectivity index (χ4v) is 2.91. The van der Waals surface area contributed by atoms with Gasteiger partial charge in [0.15, 0.2) is 5.78 Å². The summed E-state index contributed by atoms with van der Waals surface area (Å²) in [5, 5.41) is 0.485. The summed E-state index contributed by atoms with van der Waals surface area (Å²) in [5.74, 6) is -0.139. The number of ketones is 1. The Bertz CT molecular complexity index is 935. The third-order valence-corrected chi connectivity index (χ3v) is 4.23. The van der Waals surface area contributed by atoms with Crippen molar-refractivity contribution in [2.75, 3.05) is 0 Å². The Balaban J connectivity index is 1.99. The van der Waals surface area contributed by atoms with Crippen LogP contribution in [0.4, 0.5) is 0 Å². The molecule has 0 atom stereocenters. The molecule has 0 aliphatic rings. The van der Waals surface area contributed by atoms with Crippen molar-refractivity contribution < 1.29 is 4.79 Å². The monoisotopic (exact) mass is 420 g/mol. The van der Waals surface area contributed by atoms with Gasteiger partial charge in [0.05, 0.1) is 23.8 Å². The number of hydrogen-bond acceptors (Lipinski definition) is 3. The molecule has 0 unspecified atom stereocenters. The van der Waals surface area contributed by atoms with Crippen LogP contribution in [0, 0.1) is 0 Å². The summed E-state index contributed by atoms with van der Waals surface area (Å²) in [5.41, 5.74) is 0.935. The lowest BCUT2D eigenvalue weighted by Crippen LogP contribution is -2.24. The summed E-state index contributed by atoms with van der Waals surface area (Å²) in [6.45, 7) is -0.0370. The zero-order valence-electron chi connectivity index (χ0n) is 11.3. The van der Waals surface area contributed by atoms with Gasteiger partial charge in [-0.2, -0.15) is 0 Å². The fourth-order valence-electron chi connectivity index (χ4n) is 2.15. The van der Waals surface area contributed by atoms with Gasteiger partial charge in [-0.1, -0.05) is 44.0 Å². The molecule has 110 valence electrons. The van der Waals surface area contributed by atoms with Crippen LogP contribution >= 0.6 is 31.9 Å². The second-order valence-corrected chi connectivity index (χ2v) is 6.60. The Labute approximate surface area is 143 Å². The lowest BCUT2D eigenvalue weighted by molar-refractivity contribution is 0.0970. The van der Waals surface area contributed by atoms with Crippen LogP contribution in [0.2, 0.25) is 0 Å². The van der Waals surface area contributed by atoms with Gasteiger partial charge in [0.1, 0.15) is 0 Å². The number of aromatic nitrogens is 2. The maximum Gasteiger partial charge on any atom is 0.261 e. The molecule has 0 fully saturated rings. The van der Waals surface area contributed by atoms with Gasteiger partial charge in [0.2, 0.25) is 0 Å². The summed E-state index contributed by atoms with van der Waals surface area (Å²) in [6, 6.07) is 12.4. The molecule has 0 amide bonds. The average Bonchev–Trinajstić information content (AvgIpc) is 2.50. The number of hydrogen-bond donors (Lipinski definition) is 0. The van der Waals surface area contributed by atoms with Crippen LogP contribution < -0.4 is 5.56 Å². The molecule has 1 heterocycles. The lowest BCUT2D eigenvalue weighted by atomic mass is 10.1. The topological polar surface area (TPSA) is 52.0 Å². The van der Waals surface area contributed by atoms with Gasteiger partial charge in [-0.25, -0.2) is 4.98 Å². The number of fused-ring (bicyclic) bond motifs is 1. The minimum Gasteiger partial charge on any atom is -0.292 e. The van der Waals surface area contributed by atoms with E-state index in [4.69, 9.17) is 0 Å². The SMILES string of the molecule is O=C(Cn1cnc2ccc(Br)cc2c1=O)c1cccc(Br)c1. The summed E-state index contributed by atoms with van der Waals surface area (Å²) in [7, 11) is 0. The number of carbonyl (C=O) groups excluding carboxylic acids is 1. The van der Waals surface area contributed by atoms with E-state index in [1.165, 1.54) is 10.9 Å². The molecule has 0 aliphatic heterocycles. The van der Waals surface area contributed by atoms with E-state index in [0.29, 0.717) is 16.5 Å². The Morgan fingerprint density at radius 3 is 2.64 bits per heavy atom. The normalized spacial score (nSPS) is 10.8. The van der Waals surface area contributed by atoms with Crippen molar-refractivity contribution in [2.45, 2.75) is 6.54 Å². The number of benzene rings is 2. The highest BCUT2D eigenvalue weighted by Gasteiger charge is 2.10. The van der Waals surface area contributed by atoms with Crippen LogP contribution in [0.5, 0.6) is 0 Å². The predicted molar refractivity (Wildman–Crippen MR) is 92.2 cm³/mol. The maximum atomic E-state index is 12.5. The molecule has 1 aromatic heterocycles. The molecular formula is C16H10Br2N2O2. The minimum atomic E-state index is -0.227. The van der Waals surface area contributed by atoms with Gasteiger partial charge in [-0.3, -0.25) is 14.2 Å². The van der Waals surface area contributed by atoms with Gasteiger partial charge < -0.3 is 0 Å². The second-order valence-electron chi connectivity index (χ2n) is 4.77. The van der Waals surface area contributed by atoms with E-state index >= 15 is 0 Å². The van der Waals surface area contributed by atoms with Gasteiger partial charge in [0, 0.05) is 14.5 Å². The molecule has 0 spiro atoms. The van der Waals surface area contributed by atoms with Crippen molar-refractivity contribution in [3.05, 3.63) is 73.7 Å². The van der Waals surface area contributed by atoms with E-state index in [2.05, 4.69) is 36.8 Å². The third-order valence-electron chi connectivity index (χ3n) is 3.25. The van der Waals surface area contributed by atoms with E-state index in [0.717, 1.165) is 8.95 Å². The number of nitrogens with zero attached hydrogens (tertiary/aromatic N) is 2. The smallest absolute Gasteiger partial charge is 0.261 e.